The Bertz CT molecular complexity index is 749. The molecule has 0 spiro atoms. The molecule has 6 nitrogen and oxygen atoms in total. The van der Waals surface area contributed by atoms with Gasteiger partial charge in [-0.05, 0) is 37.2 Å². The number of nitrogens with one attached hydrogen (secondary N) is 2. The van der Waals surface area contributed by atoms with Crippen LogP contribution in [0.5, 0.6) is 0 Å². The van der Waals surface area contributed by atoms with Gasteiger partial charge in [-0.2, -0.15) is 0 Å². The van der Waals surface area contributed by atoms with Crippen molar-refractivity contribution in [3.63, 3.8) is 0 Å². The molecule has 1 atom stereocenters. The fraction of sp³-hybridized carbons (Fsp3) is 0.632. The smallest absolute Gasteiger partial charge is 0.261 e. The van der Waals surface area contributed by atoms with Crippen LogP contribution in [0.15, 0.2) is 10.9 Å². The number of carbonyl (C=O) groups is 2. The maximum atomic E-state index is 12.6. The van der Waals surface area contributed by atoms with E-state index >= 15 is 0 Å². The molecule has 0 fully saturated rings. The van der Waals surface area contributed by atoms with Gasteiger partial charge in [0.2, 0.25) is 0 Å². The largest absolute Gasteiger partial charge is 0.345 e. The summed E-state index contributed by atoms with van der Waals surface area (Å²) in [4.78, 5) is 40.2. The molecule has 1 aromatic heterocycles. The summed E-state index contributed by atoms with van der Waals surface area (Å²) in [6, 6.07) is 1.44. The lowest BCUT2D eigenvalue weighted by atomic mass is 9.75. The fourth-order valence-corrected chi connectivity index (χ4v) is 3.62. The Morgan fingerprint density at radius 1 is 1.36 bits per heavy atom. The van der Waals surface area contributed by atoms with Gasteiger partial charge in [-0.25, -0.2) is 0 Å². The lowest BCUT2D eigenvalue weighted by Crippen LogP contribution is -2.53. The number of hydrogen-bond acceptors (Lipinski definition) is 4. The number of H-pyrrole nitrogens is 1. The molecule has 25 heavy (non-hydrogen) atoms. The third-order valence-corrected chi connectivity index (χ3v) is 4.69. The summed E-state index contributed by atoms with van der Waals surface area (Å²) in [5.41, 5.74) is 5.61. The van der Waals surface area contributed by atoms with Crippen LogP contribution in [0.1, 0.15) is 73.9 Å². The van der Waals surface area contributed by atoms with Gasteiger partial charge in [0.25, 0.3) is 11.5 Å². The van der Waals surface area contributed by atoms with Crippen LogP contribution in [0, 0.1) is 11.3 Å². The van der Waals surface area contributed by atoms with Crippen molar-refractivity contribution >= 4 is 11.7 Å². The van der Waals surface area contributed by atoms with Gasteiger partial charge in [0.05, 0.1) is 0 Å². The highest BCUT2D eigenvalue weighted by Gasteiger charge is 2.33. The summed E-state index contributed by atoms with van der Waals surface area (Å²) >= 11 is 0. The predicted molar refractivity (Wildman–Crippen MR) is 97.9 cm³/mol. The first-order valence-corrected chi connectivity index (χ1v) is 8.78. The Balaban J connectivity index is 2.35. The first-order valence-electron chi connectivity index (χ1n) is 8.78. The molecule has 1 unspecified atom stereocenters. The molecule has 1 aliphatic rings. The molecule has 0 radical (unpaired) electrons. The Labute approximate surface area is 148 Å². The van der Waals surface area contributed by atoms with E-state index in [9.17, 15) is 14.4 Å². The minimum atomic E-state index is -0.598. The zero-order valence-electron chi connectivity index (χ0n) is 15.8. The molecular weight excluding hydrogens is 318 g/mol. The molecular formula is C19H29N3O3. The highest BCUT2D eigenvalue weighted by atomic mass is 16.2. The van der Waals surface area contributed by atoms with Crippen molar-refractivity contribution in [2.45, 2.75) is 59.4 Å². The zero-order chi connectivity index (χ0) is 19.0. The van der Waals surface area contributed by atoms with Crippen molar-refractivity contribution < 1.29 is 9.59 Å². The molecule has 1 aliphatic carbocycles. The van der Waals surface area contributed by atoms with E-state index in [-0.39, 0.29) is 23.3 Å². The van der Waals surface area contributed by atoms with Crippen LogP contribution >= 0.6 is 0 Å². The van der Waals surface area contributed by atoms with Gasteiger partial charge in [0.1, 0.15) is 5.56 Å². The number of aromatic amines is 1. The van der Waals surface area contributed by atoms with Gasteiger partial charge in [-0.3, -0.25) is 14.4 Å². The minimum absolute atomic E-state index is 0.0322. The molecule has 0 saturated heterocycles. The molecule has 2 rings (SSSR count). The van der Waals surface area contributed by atoms with Crippen molar-refractivity contribution in [1.29, 1.82) is 0 Å². The molecule has 4 N–H and O–H groups in total. The number of Topliss-reactive ketones (excluding diaryl/α,β-unsaturated/α-hetero) is 1. The third kappa shape index (κ3) is 4.37. The van der Waals surface area contributed by atoms with Crippen LogP contribution < -0.4 is 16.6 Å². The van der Waals surface area contributed by atoms with E-state index in [2.05, 4.69) is 10.3 Å². The second-order valence-corrected chi connectivity index (χ2v) is 8.66. The third-order valence-electron chi connectivity index (χ3n) is 4.69. The number of nitrogens with two attached hydrogens (primary N) is 1. The molecule has 0 bridgehead atoms. The molecule has 1 aromatic rings. The van der Waals surface area contributed by atoms with Gasteiger partial charge < -0.3 is 16.0 Å². The van der Waals surface area contributed by atoms with E-state index in [1.54, 1.807) is 0 Å². The number of aromatic nitrogens is 1. The lowest BCUT2D eigenvalue weighted by Gasteiger charge is -2.32. The van der Waals surface area contributed by atoms with E-state index in [4.69, 9.17) is 5.73 Å². The lowest BCUT2D eigenvalue weighted by molar-refractivity contribution is 0.0896. The maximum Gasteiger partial charge on any atom is 0.261 e. The van der Waals surface area contributed by atoms with Gasteiger partial charge in [0, 0.05) is 29.8 Å². The highest BCUT2D eigenvalue weighted by Crippen LogP contribution is 2.33. The monoisotopic (exact) mass is 347 g/mol. The van der Waals surface area contributed by atoms with Crippen molar-refractivity contribution in [2.24, 2.45) is 17.1 Å². The summed E-state index contributed by atoms with van der Waals surface area (Å²) in [7, 11) is 0. The van der Waals surface area contributed by atoms with Crippen molar-refractivity contribution in [3.05, 3.63) is 33.2 Å². The Kier molecular flexibility index (Phi) is 5.23. The first kappa shape index (κ1) is 19.4. The first-order chi connectivity index (χ1) is 11.5. The van der Waals surface area contributed by atoms with Crippen LogP contribution in [0.25, 0.3) is 0 Å². The summed E-state index contributed by atoms with van der Waals surface area (Å²) in [6.45, 7) is 10.2. The molecule has 0 aromatic carbocycles. The molecule has 1 heterocycles. The standard InChI is InChI=1S/C19H29N3O3/c1-11(2)7-19(5,10-20)22-17(25)13-6-12-14(21-16(13)24)8-18(3,4)9-15(12)23/h6,11H,7-10,20H2,1-5H3,(H,21,24)(H,22,25). The van der Waals surface area contributed by atoms with E-state index in [0.717, 1.165) is 0 Å². The minimum Gasteiger partial charge on any atom is -0.345 e. The second-order valence-electron chi connectivity index (χ2n) is 8.66. The Hall–Kier alpha value is -1.95. The number of carbonyl (C=O) groups excluding carboxylic acids is 2. The topological polar surface area (TPSA) is 105 Å². The maximum absolute atomic E-state index is 12.6. The molecule has 6 heteroatoms. The van der Waals surface area contributed by atoms with E-state index in [0.29, 0.717) is 36.4 Å². The van der Waals surface area contributed by atoms with Gasteiger partial charge in [0.15, 0.2) is 5.78 Å². The van der Waals surface area contributed by atoms with Crippen molar-refractivity contribution in [1.82, 2.24) is 10.3 Å². The number of pyridine rings is 1. The number of amides is 1. The fourth-order valence-electron chi connectivity index (χ4n) is 3.62. The number of ketones is 1. The molecule has 138 valence electrons. The van der Waals surface area contributed by atoms with Crippen molar-refractivity contribution in [3.8, 4) is 0 Å². The van der Waals surface area contributed by atoms with Crippen LogP contribution in [0.3, 0.4) is 0 Å². The second kappa shape index (κ2) is 6.75. The summed E-state index contributed by atoms with van der Waals surface area (Å²) in [5.74, 6) is -0.185. The number of hydrogen-bond donors (Lipinski definition) is 3. The van der Waals surface area contributed by atoms with Crippen LogP contribution in [-0.4, -0.2) is 28.8 Å². The van der Waals surface area contributed by atoms with Gasteiger partial charge in [-0.1, -0.05) is 27.7 Å². The SMILES string of the molecule is CC(C)CC(C)(CN)NC(=O)c1cc2c([nH]c1=O)CC(C)(C)CC2=O. The van der Waals surface area contributed by atoms with Crippen molar-refractivity contribution in [2.75, 3.05) is 6.54 Å². The number of rotatable bonds is 5. The average Bonchev–Trinajstić information content (AvgIpc) is 2.44. The predicted octanol–water partition coefficient (Wildman–Crippen LogP) is 2.02. The summed E-state index contributed by atoms with van der Waals surface area (Å²) in [6.07, 6.45) is 1.71. The Morgan fingerprint density at radius 2 is 2.00 bits per heavy atom. The quantitative estimate of drug-likeness (QED) is 0.758. The van der Waals surface area contributed by atoms with Crippen LogP contribution in [0.4, 0.5) is 0 Å². The van der Waals surface area contributed by atoms with Gasteiger partial charge in [-0.15, -0.1) is 0 Å². The van der Waals surface area contributed by atoms with E-state index in [1.165, 1.54) is 6.07 Å². The average molecular weight is 347 g/mol. The number of fused-ring (bicyclic) bond motifs is 1. The van der Waals surface area contributed by atoms with E-state index < -0.39 is 17.0 Å². The summed E-state index contributed by atoms with van der Waals surface area (Å²) < 4.78 is 0. The molecule has 0 aliphatic heterocycles. The van der Waals surface area contributed by atoms with Crippen LogP contribution in [0.2, 0.25) is 0 Å². The Morgan fingerprint density at radius 3 is 2.56 bits per heavy atom. The highest BCUT2D eigenvalue weighted by molar-refractivity contribution is 6.02. The normalized spacial score (nSPS) is 18.6. The molecule has 1 amide bonds. The van der Waals surface area contributed by atoms with Gasteiger partial charge >= 0.3 is 0 Å². The zero-order valence-corrected chi connectivity index (χ0v) is 15.8. The summed E-state index contributed by atoms with van der Waals surface area (Å²) in [5, 5.41) is 2.87. The molecule has 0 saturated carbocycles. The van der Waals surface area contributed by atoms with Crippen LogP contribution in [-0.2, 0) is 6.42 Å². The van der Waals surface area contributed by atoms with E-state index in [1.807, 2.05) is 34.6 Å².